The molecule has 1 amide bonds. The highest BCUT2D eigenvalue weighted by Gasteiger charge is 2.23. The maximum atomic E-state index is 13.2. The van der Waals surface area contributed by atoms with Crippen molar-refractivity contribution in [2.45, 2.75) is 30.3 Å². The van der Waals surface area contributed by atoms with E-state index >= 15 is 0 Å². The average molecular weight is 291 g/mol. The molecule has 1 unspecified atom stereocenters. The van der Waals surface area contributed by atoms with E-state index in [0.29, 0.717) is 0 Å². The zero-order valence-electron chi connectivity index (χ0n) is 9.98. The molecule has 0 fully saturated rings. The first-order valence-corrected chi connectivity index (χ1v) is 6.54. The summed E-state index contributed by atoms with van der Waals surface area (Å²) in [4.78, 5) is 12.6. The normalized spacial score (nSPS) is 19.4. The zero-order valence-corrected chi connectivity index (χ0v) is 11.6. The van der Waals surface area contributed by atoms with Crippen LogP contribution < -0.4 is 11.1 Å². The summed E-state index contributed by atoms with van der Waals surface area (Å²) in [6.45, 7) is 1.64. The quantitative estimate of drug-likeness (QED) is 0.878. The molecule has 0 bridgehead atoms. The lowest BCUT2D eigenvalue weighted by Crippen LogP contribution is -2.41. The molecule has 3 nitrogen and oxygen atoms in total. The fourth-order valence-corrected chi connectivity index (χ4v) is 2.92. The van der Waals surface area contributed by atoms with Crippen LogP contribution in [-0.2, 0) is 4.79 Å². The van der Waals surface area contributed by atoms with Crippen LogP contribution in [0.5, 0.6) is 0 Å². The van der Waals surface area contributed by atoms with Crippen LogP contribution in [0.15, 0.2) is 23.1 Å². The first-order chi connectivity index (χ1) is 8.08. The molecule has 0 saturated heterocycles. The Hall–Kier alpha value is -0.780. The molecule has 3 N–H and O–H groups in total. The monoisotopic (exact) mass is 290 g/mol. The van der Waals surface area contributed by atoms with Crippen LogP contribution >= 0.6 is 24.2 Å². The fourth-order valence-electron chi connectivity index (χ4n) is 1.82. The largest absolute Gasteiger partial charge is 0.348 e. The number of hydrogen-bond acceptors (Lipinski definition) is 3. The van der Waals surface area contributed by atoms with Gasteiger partial charge in [-0.25, -0.2) is 4.39 Å². The summed E-state index contributed by atoms with van der Waals surface area (Å²) < 4.78 is 13.2. The van der Waals surface area contributed by atoms with Crippen molar-refractivity contribution >= 4 is 30.1 Å². The Morgan fingerprint density at radius 1 is 1.61 bits per heavy atom. The predicted molar refractivity (Wildman–Crippen MR) is 73.5 cm³/mol. The summed E-state index contributed by atoms with van der Waals surface area (Å²) in [5.74, 6) is 0.450. The molecule has 100 valence electrons. The molecule has 1 aromatic rings. The molecule has 1 heterocycles. The van der Waals surface area contributed by atoms with Gasteiger partial charge in [0.05, 0.1) is 12.1 Å². The minimum absolute atomic E-state index is 0. The number of halogens is 2. The third-order valence-electron chi connectivity index (χ3n) is 2.74. The van der Waals surface area contributed by atoms with Crippen LogP contribution in [0.2, 0.25) is 0 Å². The summed E-state index contributed by atoms with van der Waals surface area (Å²) in [5.41, 5.74) is 6.37. The highest BCUT2D eigenvalue weighted by Crippen LogP contribution is 2.36. The van der Waals surface area contributed by atoms with Gasteiger partial charge in [-0.3, -0.25) is 4.79 Å². The Bertz CT molecular complexity index is 442. The molecule has 1 aliphatic heterocycles. The zero-order chi connectivity index (χ0) is 12.4. The number of nitrogens with one attached hydrogen (secondary N) is 1. The fraction of sp³-hybridized carbons (Fsp3) is 0.417. The molecular formula is C12H16ClFN2OS. The van der Waals surface area contributed by atoms with E-state index < -0.39 is 6.04 Å². The second-order valence-corrected chi connectivity index (χ2v) is 5.31. The molecule has 2 rings (SSSR count). The van der Waals surface area contributed by atoms with Crippen LogP contribution in [0, 0.1) is 5.82 Å². The molecule has 0 radical (unpaired) electrons. The van der Waals surface area contributed by atoms with E-state index in [4.69, 9.17) is 5.73 Å². The van der Waals surface area contributed by atoms with Crippen LogP contribution in [0.1, 0.15) is 24.9 Å². The van der Waals surface area contributed by atoms with Crippen molar-refractivity contribution in [1.82, 2.24) is 5.32 Å². The van der Waals surface area contributed by atoms with E-state index in [1.165, 1.54) is 12.1 Å². The van der Waals surface area contributed by atoms with Crippen molar-refractivity contribution in [2.24, 2.45) is 5.73 Å². The Morgan fingerprint density at radius 2 is 2.33 bits per heavy atom. The molecule has 0 saturated carbocycles. The number of rotatable bonds is 2. The van der Waals surface area contributed by atoms with Gasteiger partial charge in [0, 0.05) is 10.6 Å². The maximum absolute atomic E-state index is 13.2. The number of thioether (sulfide) groups is 1. The van der Waals surface area contributed by atoms with Gasteiger partial charge >= 0.3 is 0 Å². The van der Waals surface area contributed by atoms with E-state index in [0.717, 1.165) is 22.6 Å². The standard InChI is InChI=1S/C12H15FN2OS.ClH/c1-7(14)12(16)15-10-4-5-17-11-3-2-8(13)6-9(10)11;/h2-3,6-7,10H,4-5,14H2,1H3,(H,15,16);1H/t7-,10?;/m0./s1. The van der Waals surface area contributed by atoms with Crippen LogP contribution in [0.25, 0.3) is 0 Å². The van der Waals surface area contributed by atoms with Gasteiger partial charge in [0.2, 0.25) is 5.91 Å². The molecule has 1 aromatic carbocycles. The second kappa shape index (κ2) is 6.41. The van der Waals surface area contributed by atoms with Crippen molar-refractivity contribution in [3.8, 4) is 0 Å². The molecule has 1 aliphatic rings. The Labute approximate surface area is 116 Å². The van der Waals surface area contributed by atoms with E-state index in [2.05, 4.69) is 5.32 Å². The van der Waals surface area contributed by atoms with Crippen LogP contribution in [0.3, 0.4) is 0 Å². The number of fused-ring (bicyclic) bond motifs is 1. The number of amides is 1. The number of hydrogen-bond donors (Lipinski definition) is 2. The topological polar surface area (TPSA) is 55.1 Å². The molecule has 0 aliphatic carbocycles. The average Bonchev–Trinajstić information content (AvgIpc) is 2.29. The van der Waals surface area contributed by atoms with Crippen LogP contribution in [0.4, 0.5) is 4.39 Å². The lowest BCUT2D eigenvalue weighted by Gasteiger charge is -2.26. The minimum Gasteiger partial charge on any atom is -0.348 e. The lowest BCUT2D eigenvalue weighted by molar-refractivity contribution is -0.122. The van der Waals surface area contributed by atoms with Gasteiger partial charge < -0.3 is 11.1 Å². The van der Waals surface area contributed by atoms with Crippen molar-refractivity contribution in [3.63, 3.8) is 0 Å². The summed E-state index contributed by atoms with van der Waals surface area (Å²) >= 11 is 1.69. The molecule has 0 aromatic heterocycles. The summed E-state index contributed by atoms with van der Waals surface area (Å²) in [5, 5.41) is 2.86. The van der Waals surface area contributed by atoms with Gasteiger partial charge in [0.15, 0.2) is 0 Å². The number of nitrogens with two attached hydrogens (primary N) is 1. The second-order valence-electron chi connectivity index (χ2n) is 4.17. The van der Waals surface area contributed by atoms with E-state index in [9.17, 15) is 9.18 Å². The Balaban J connectivity index is 0.00000162. The lowest BCUT2D eigenvalue weighted by atomic mass is 10.0. The van der Waals surface area contributed by atoms with Gasteiger partial charge in [0.1, 0.15) is 5.82 Å². The first-order valence-electron chi connectivity index (χ1n) is 5.56. The van der Waals surface area contributed by atoms with Gasteiger partial charge in [-0.05, 0) is 37.1 Å². The first kappa shape index (κ1) is 15.3. The van der Waals surface area contributed by atoms with E-state index in [1.807, 2.05) is 0 Å². The Morgan fingerprint density at radius 3 is 3.00 bits per heavy atom. The van der Waals surface area contributed by atoms with Crippen molar-refractivity contribution in [3.05, 3.63) is 29.6 Å². The van der Waals surface area contributed by atoms with Crippen molar-refractivity contribution in [2.75, 3.05) is 5.75 Å². The third-order valence-corrected chi connectivity index (χ3v) is 3.86. The molecule has 2 atom stereocenters. The summed E-state index contributed by atoms with van der Waals surface area (Å²) in [7, 11) is 0. The molecule has 0 spiro atoms. The SMILES string of the molecule is C[C@H](N)C(=O)NC1CCSc2ccc(F)cc21.Cl. The number of carbonyl (C=O) groups is 1. The Kier molecular flexibility index (Phi) is 5.44. The van der Waals surface area contributed by atoms with Gasteiger partial charge in [-0.1, -0.05) is 0 Å². The third kappa shape index (κ3) is 3.37. The number of carbonyl (C=O) groups excluding carboxylic acids is 1. The van der Waals surface area contributed by atoms with Gasteiger partial charge in [-0.2, -0.15) is 0 Å². The van der Waals surface area contributed by atoms with Crippen LogP contribution in [-0.4, -0.2) is 17.7 Å². The molecular weight excluding hydrogens is 275 g/mol. The van der Waals surface area contributed by atoms with Gasteiger partial charge in [0.25, 0.3) is 0 Å². The predicted octanol–water partition coefficient (Wildman–Crippen LogP) is 2.25. The van der Waals surface area contributed by atoms with Gasteiger partial charge in [-0.15, -0.1) is 24.2 Å². The maximum Gasteiger partial charge on any atom is 0.237 e. The van der Waals surface area contributed by atoms with Crippen molar-refractivity contribution in [1.29, 1.82) is 0 Å². The highest BCUT2D eigenvalue weighted by molar-refractivity contribution is 7.99. The minimum atomic E-state index is -0.540. The van der Waals surface area contributed by atoms with E-state index in [-0.39, 0.29) is 30.2 Å². The molecule has 18 heavy (non-hydrogen) atoms. The summed E-state index contributed by atoms with van der Waals surface area (Å²) in [6.07, 6.45) is 0.805. The van der Waals surface area contributed by atoms with Crippen molar-refractivity contribution < 1.29 is 9.18 Å². The highest BCUT2D eigenvalue weighted by atomic mass is 35.5. The smallest absolute Gasteiger partial charge is 0.237 e. The number of benzene rings is 1. The molecule has 6 heteroatoms. The van der Waals surface area contributed by atoms with E-state index in [1.54, 1.807) is 24.8 Å². The summed E-state index contributed by atoms with van der Waals surface area (Å²) in [6, 6.07) is 4.04.